The largest absolute Gasteiger partial charge is 0.451 e. The van der Waals surface area contributed by atoms with Crippen LogP contribution in [0.5, 0.6) is 0 Å². The normalized spacial score (nSPS) is 11.5. The number of ketones is 1. The summed E-state index contributed by atoms with van der Waals surface area (Å²) in [5, 5.41) is 3.36. The van der Waals surface area contributed by atoms with Gasteiger partial charge in [-0.15, -0.1) is 0 Å². The molecule has 0 aliphatic carbocycles. The van der Waals surface area contributed by atoms with E-state index in [-0.39, 0.29) is 21.9 Å². The predicted molar refractivity (Wildman–Crippen MR) is 121 cm³/mol. The maximum atomic E-state index is 12.4. The van der Waals surface area contributed by atoms with Gasteiger partial charge >= 0.3 is 5.97 Å². The maximum Gasteiger partial charge on any atom is 0.338 e. The van der Waals surface area contributed by atoms with Crippen LogP contribution in [0.15, 0.2) is 66.7 Å². The summed E-state index contributed by atoms with van der Waals surface area (Å²) in [6.45, 7) is 3.46. The lowest BCUT2D eigenvalue weighted by Crippen LogP contribution is -2.24. The fourth-order valence-electron chi connectivity index (χ4n) is 2.80. The van der Waals surface area contributed by atoms with Crippen LogP contribution in [0.4, 0.5) is 5.69 Å². The zero-order chi connectivity index (χ0) is 22.5. The average molecular weight is 456 g/mol. The molecular weight excluding hydrogens is 437 g/mol. The van der Waals surface area contributed by atoms with E-state index in [1.54, 1.807) is 30.3 Å². The van der Waals surface area contributed by atoms with Crippen molar-refractivity contribution < 1.29 is 19.1 Å². The van der Waals surface area contributed by atoms with Crippen LogP contribution in [0.3, 0.4) is 0 Å². The molecular formula is C24H19Cl2NO4. The molecule has 3 aromatic rings. The molecule has 0 fully saturated rings. The molecule has 0 saturated carbocycles. The highest BCUT2D eigenvalue weighted by Gasteiger charge is 2.20. The first-order chi connectivity index (χ1) is 14.7. The lowest BCUT2D eigenvalue weighted by molar-refractivity contribution is 0.0319. The number of hydrogen-bond donors (Lipinski definition) is 1. The van der Waals surface area contributed by atoms with Crippen LogP contribution in [0.2, 0.25) is 10.0 Å². The molecule has 5 nitrogen and oxygen atoms in total. The number of carbonyl (C=O) groups is 3. The molecule has 0 unspecified atom stereocenters. The summed E-state index contributed by atoms with van der Waals surface area (Å²) in [6, 6.07) is 17.8. The van der Waals surface area contributed by atoms with Gasteiger partial charge in [-0.2, -0.15) is 0 Å². The molecule has 0 radical (unpaired) electrons. The zero-order valence-electron chi connectivity index (χ0n) is 16.8. The highest BCUT2D eigenvalue weighted by Crippen LogP contribution is 2.22. The summed E-state index contributed by atoms with van der Waals surface area (Å²) in [6.07, 6.45) is -0.929. The second-order valence-corrected chi connectivity index (χ2v) is 7.78. The van der Waals surface area contributed by atoms with E-state index in [0.717, 1.165) is 5.56 Å². The summed E-state index contributed by atoms with van der Waals surface area (Å²) >= 11 is 11.9. The highest BCUT2D eigenvalue weighted by atomic mass is 35.5. The quantitative estimate of drug-likeness (QED) is 0.366. The topological polar surface area (TPSA) is 72.5 Å². The van der Waals surface area contributed by atoms with Crippen LogP contribution in [0, 0.1) is 6.92 Å². The first kappa shape index (κ1) is 22.5. The van der Waals surface area contributed by atoms with Gasteiger partial charge in [0.25, 0.3) is 5.91 Å². The van der Waals surface area contributed by atoms with E-state index in [1.807, 2.05) is 19.1 Å². The Balaban J connectivity index is 1.62. The van der Waals surface area contributed by atoms with Crippen LogP contribution in [0.25, 0.3) is 0 Å². The van der Waals surface area contributed by atoms with E-state index < -0.39 is 18.0 Å². The van der Waals surface area contributed by atoms with Crippen molar-refractivity contribution in [3.63, 3.8) is 0 Å². The van der Waals surface area contributed by atoms with E-state index >= 15 is 0 Å². The lowest BCUT2D eigenvalue weighted by atomic mass is 10.1. The van der Waals surface area contributed by atoms with Crippen LogP contribution >= 0.6 is 23.2 Å². The Bertz CT molecular complexity index is 1130. The van der Waals surface area contributed by atoms with Gasteiger partial charge < -0.3 is 10.1 Å². The molecule has 1 atom stereocenters. The van der Waals surface area contributed by atoms with E-state index in [1.165, 1.54) is 31.2 Å². The molecule has 1 amide bonds. The Morgan fingerprint density at radius 1 is 0.871 bits per heavy atom. The third kappa shape index (κ3) is 5.72. The number of amides is 1. The van der Waals surface area contributed by atoms with Gasteiger partial charge in [-0.3, -0.25) is 9.59 Å². The number of benzene rings is 3. The van der Waals surface area contributed by atoms with Crippen LogP contribution in [-0.2, 0) is 4.74 Å². The second-order valence-electron chi connectivity index (χ2n) is 6.93. The third-order valence-corrected chi connectivity index (χ3v) is 5.09. The molecule has 31 heavy (non-hydrogen) atoms. The minimum absolute atomic E-state index is 0.234. The summed E-state index contributed by atoms with van der Waals surface area (Å²) in [7, 11) is 0. The first-order valence-electron chi connectivity index (χ1n) is 9.43. The van der Waals surface area contributed by atoms with Crippen molar-refractivity contribution in [2.24, 2.45) is 0 Å². The number of rotatable bonds is 6. The Hall–Kier alpha value is -3.15. The number of anilines is 1. The van der Waals surface area contributed by atoms with Crippen molar-refractivity contribution in [3.8, 4) is 0 Å². The number of Topliss-reactive ketones (excluding diaryl/α,β-unsaturated/α-hetero) is 1. The second kappa shape index (κ2) is 9.77. The Morgan fingerprint density at radius 3 is 2.10 bits per heavy atom. The summed E-state index contributed by atoms with van der Waals surface area (Å²) in [5.41, 5.74) is 2.51. The summed E-state index contributed by atoms with van der Waals surface area (Å²) in [4.78, 5) is 37.2. The maximum absolute atomic E-state index is 12.4. The molecule has 158 valence electrons. The van der Waals surface area contributed by atoms with Crippen molar-refractivity contribution in [2.75, 3.05) is 5.32 Å². The first-order valence-corrected chi connectivity index (χ1v) is 10.2. The van der Waals surface area contributed by atoms with E-state index in [2.05, 4.69) is 5.32 Å². The standard InChI is InChI=1S/C24H19Cl2NO4/c1-14-3-5-16(6-4-14)22(28)15(2)31-24(30)17-7-10-19(11-8-17)27-23(29)20-12-9-18(25)13-21(20)26/h3-13,15H,1-2H3,(H,27,29)/t15-/m0/s1. The number of esters is 1. The van der Waals surface area contributed by atoms with Gasteiger partial charge in [0.2, 0.25) is 5.78 Å². The minimum atomic E-state index is -0.929. The SMILES string of the molecule is Cc1ccc(C(=O)[C@H](C)OC(=O)c2ccc(NC(=O)c3ccc(Cl)cc3Cl)cc2)cc1. The highest BCUT2D eigenvalue weighted by molar-refractivity contribution is 6.37. The van der Waals surface area contributed by atoms with E-state index in [9.17, 15) is 14.4 Å². The number of nitrogens with one attached hydrogen (secondary N) is 1. The van der Waals surface area contributed by atoms with E-state index in [0.29, 0.717) is 16.3 Å². The van der Waals surface area contributed by atoms with Crippen molar-refractivity contribution in [2.45, 2.75) is 20.0 Å². The molecule has 0 bridgehead atoms. The van der Waals surface area contributed by atoms with Gasteiger partial charge in [0.05, 0.1) is 16.1 Å². The van der Waals surface area contributed by atoms with Crippen LogP contribution in [0.1, 0.15) is 43.6 Å². The number of carbonyl (C=O) groups excluding carboxylic acids is 3. The van der Waals surface area contributed by atoms with Gasteiger partial charge in [0.15, 0.2) is 6.10 Å². The van der Waals surface area contributed by atoms with Crippen LogP contribution in [-0.4, -0.2) is 23.8 Å². The number of halogens is 2. The van der Waals surface area contributed by atoms with Gasteiger partial charge in [-0.25, -0.2) is 4.79 Å². The van der Waals surface area contributed by atoms with Crippen molar-refractivity contribution in [1.82, 2.24) is 0 Å². The molecule has 3 aromatic carbocycles. The molecule has 0 aromatic heterocycles. The van der Waals surface area contributed by atoms with Crippen molar-refractivity contribution in [1.29, 1.82) is 0 Å². The monoisotopic (exact) mass is 455 g/mol. The number of ether oxygens (including phenoxy) is 1. The number of aryl methyl sites for hydroxylation is 1. The van der Waals surface area contributed by atoms with Gasteiger partial charge in [-0.05, 0) is 56.3 Å². The molecule has 0 aliphatic heterocycles. The van der Waals surface area contributed by atoms with Crippen molar-refractivity contribution in [3.05, 3.63) is 99.0 Å². The average Bonchev–Trinajstić information content (AvgIpc) is 2.74. The molecule has 1 N–H and O–H groups in total. The molecule has 0 spiro atoms. The van der Waals surface area contributed by atoms with Gasteiger partial charge in [0, 0.05) is 16.3 Å². The van der Waals surface area contributed by atoms with Crippen molar-refractivity contribution >= 4 is 46.5 Å². The molecule has 0 heterocycles. The van der Waals surface area contributed by atoms with E-state index in [4.69, 9.17) is 27.9 Å². The Labute approximate surface area is 189 Å². The van der Waals surface area contributed by atoms with Crippen LogP contribution < -0.4 is 5.32 Å². The summed E-state index contributed by atoms with van der Waals surface area (Å²) < 4.78 is 5.29. The molecule has 0 aliphatic rings. The molecule has 7 heteroatoms. The zero-order valence-corrected chi connectivity index (χ0v) is 18.3. The number of hydrogen-bond acceptors (Lipinski definition) is 4. The molecule has 3 rings (SSSR count). The minimum Gasteiger partial charge on any atom is -0.451 e. The smallest absolute Gasteiger partial charge is 0.338 e. The van der Waals surface area contributed by atoms with Gasteiger partial charge in [-0.1, -0.05) is 53.0 Å². The van der Waals surface area contributed by atoms with Gasteiger partial charge in [0.1, 0.15) is 0 Å². The Kier molecular flexibility index (Phi) is 7.10. The molecule has 0 saturated heterocycles. The third-order valence-electron chi connectivity index (χ3n) is 4.54. The summed E-state index contributed by atoms with van der Waals surface area (Å²) in [5.74, 6) is -1.32. The fourth-order valence-corrected chi connectivity index (χ4v) is 3.29. The Morgan fingerprint density at radius 2 is 1.48 bits per heavy atom. The predicted octanol–water partition coefficient (Wildman–Crippen LogP) is 5.98. The lowest BCUT2D eigenvalue weighted by Gasteiger charge is -2.13. The fraction of sp³-hybridized carbons (Fsp3) is 0.125.